The molecule has 0 bridgehead atoms. The van der Waals surface area contributed by atoms with Gasteiger partial charge in [-0.05, 0) is 36.6 Å². The summed E-state index contributed by atoms with van der Waals surface area (Å²) in [5.41, 5.74) is 7.57. The molecule has 102 valence electrons. The van der Waals surface area contributed by atoms with Gasteiger partial charge in [0.2, 0.25) is 11.7 Å². The van der Waals surface area contributed by atoms with Gasteiger partial charge >= 0.3 is 0 Å². The first-order valence-corrected chi connectivity index (χ1v) is 6.38. The molecular weight excluding hydrogens is 245 g/mol. The lowest BCUT2D eigenvalue weighted by molar-refractivity contribution is 0.312. The quantitative estimate of drug-likeness (QED) is 0.919. The molecule has 0 radical (unpaired) electrons. The van der Waals surface area contributed by atoms with Crippen LogP contribution in [0.1, 0.15) is 37.8 Å². The first-order chi connectivity index (χ1) is 9.02. The van der Waals surface area contributed by atoms with Gasteiger partial charge in [-0.1, -0.05) is 25.4 Å². The van der Waals surface area contributed by atoms with Gasteiger partial charge in [0.25, 0.3) is 0 Å². The Morgan fingerprint density at radius 2 is 2.16 bits per heavy atom. The van der Waals surface area contributed by atoms with Crippen LogP contribution < -0.4 is 5.73 Å². The summed E-state index contributed by atoms with van der Waals surface area (Å²) in [4.78, 5) is 4.31. The molecule has 1 heterocycles. The highest BCUT2D eigenvalue weighted by molar-refractivity contribution is 5.59. The van der Waals surface area contributed by atoms with Gasteiger partial charge in [0.05, 0.1) is 6.04 Å². The highest BCUT2D eigenvalue weighted by Crippen LogP contribution is 2.25. The van der Waals surface area contributed by atoms with Crippen molar-refractivity contribution in [3.63, 3.8) is 0 Å². The molecule has 0 aliphatic carbocycles. The standard InChI is InChI=1S/C14H18FN3O/c1-4-8(2)12(16)14-17-13(18-19-14)11-6-5-10(15)7-9(11)3/h5-8,12H,4,16H2,1-3H3/t8?,12-/m0/s1. The minimum Gasteiger partial charge on any atom is -0.337 e. The molecule has 2 atom stereocenters. The summed E-state index contributed by atoms with van der Waals surface area (Å²) in [5.74, 6) is 0.864. The Morgan fingerprint density at radius 1 is 1.42 bits per heavy atom. The number of nitrogens with two attached hydrogens (primary N) is 1. The third kappa shape index (κ3) is 2.81. The van der Waals surface area contributed by atoms with E-state index in [2.05, 4.69) is 17.1 Å². The van der Waals surface area contributed by atoms with E-state index in [9.17, 15) is 4.39 Å². The van der Waals surface area contributed by atoms with E-state index in [0.29, 0.717) is 11.7 Å². The van der Waals surface area contributed by atoms with Gasteiger partial charge in [-0.2, -0.15) is 4.98 Å². The smallest absolute Gasteiger partial charge is 0.244 e. The fourth-order valence-electron chi connectivity index (χ4n) is 1.86. The van der Waals surface area contributed by atoms with E-state index in [1.165, 1.54) is 12.1 Å². The van der Waals surface area contributed by atoms with Crippen molar-refractivity contribution in [3.8, 4) is 11.4 Å². The maximum absolute atomic E-state index is 13.1. The Labute approximate surface area is 111 Å². The number of rotatable bonds is 4. The minimum atomic E-state index is -0.277. The van der Waals surface area contributed by atoms with E-state index in [1.54, 1.807) is 6.07 Å². The number of benzene rings is 1. The second-order valence-electron chi connectivity index (χ2n) is 4.83. The van der Waals surface area contributed by atoms with Gasteiger partial charge in [-0.25, -0.2) is 4.39 Å². The Bertz CT molecular complexity index is 568. The second-order valence-corrected chi connectivity index (χ2v) is 4.83. The number of halogens is 1. The van der Waals surface area contributed by atoms with E-state index in [1.807, 2.05) is 13.8 Å². The van der Waals surface area contributed by atoms with E-state index >= 15 is 0 Å². The van der Waals surface area contributed by atoms with Crippen molar-refractivity contribution >= 4 is 0 Å². The first-order valence-electron chi connectivity index (χ1n) is 6.38. The molecule has 19 heavy (non-hydrogen) atoms. The fraction of sp³-hybridized carbons (Fsp3) is 0.429. The minimum absolute atomic E-state index is 0.266. The summed E-state index contributed by atoms with van der Waals surface area (Å²) in [7, 11) is 0. The highest BCUT2D eigenvalue weighted by Gasteiger charge is 2.21. The van der Waals surface area contributed by atoms with Crippen LogP contribution in [0.25, 0.3) is 11.4 Å². The number of nitrogens with zero attached hydrogens (tertiary/aromatic N) is 2. The molecule has 0 aliphatic heterocycles. The predicted molar refractivity (Wildman–Crippen MR) is 70.8 cm³/mol. The lowest BCUT2D eigenvalue weighted by Gasteiger charge is -2.13. The van der Waals surface area contributed by atoms with Crippen LogP contribution in [0.4, 0.5) is 4.39 Å². The van der Waals surface area contributed by atoms with Crippen molar-refractivity contribution in [2.75, 3.05) is 0 Å². The molecule has 0 aliphatic rings. The highest BCUT2D eigenvalue weighted by atomic mass is 19.1. The van der Waals surface area contributed by atoms with Crippen molar-refractivity contribution in [2.24, 2.45) is 11.7 Å². The summed E-state index contributed by atoms with van der Waals surface area (Å²) in [6.07, 6.45) is 0.939. The number of hydrogen-bond donors (Lipinski definition) is 1. The van der Waals surface area contributed by atoms with Gasteiger partial charge < -0.3 is 10.3 Å². The maximum atomic E-state index is 13.1. The van der Waals surface area contributed by atoms with E-state index < -0.39 is 0 Å². The van der Waals surface area contributed by atoms with Gasteiger partial charge in [0, 0.05) is 5.56 Å². The van der Waals surface area contributed by atoms with Gasteiger partial charge in [-0.3, -0.25) is 0 Å². The average molecular weight is 263 g/mol. The van der Waals surface area contributed by atoms with Crippen LogP contribution in [-0.2, 0) is 0 Å². The maximum Gasteiger partial charge on any atom is 0.244 e. The number of aryl methyl sites for hydroxylation is 1. The van der Waals surface area contributed by atoms with Crippen molar-refractivity contribution in [3.05, 3.63) is 35.5 Å². The van der Waals surface area contributed by atoms with E-state index in [-0.39, 0.29) is 17.8 Å². The van der Waals surface area contributed by atoms with Crippen LogP contribution in [0.15, 0.2) is 22.7 Å². The summed E-state index contributed by atoms with van der Waals surface area (Å²) >= 11 is 0. The molecule has 2 aromatic rings. The topological polar surface area (TPSA) is 64.9 Å². The zero-order chi connectivity index (χ0) is 14.0. The Hall–Kier alpha value is -1.75. The Balaban J connectivity index is 2.30. The zero-order valence-electron chi connectivity index (χ0n) is 11.4. The molecule has 4 nitrogen and oxygen atoms in total. The molecule has 2 N–H and O–H groups in total. The van der Waals surface area contributed by atoms with Crippen molar-refractivity contribution in [1.82, 2.24) is 10.1 Å². The fourth-order valence-corrected chi connectivity index (χ4v) is 1.86. The molecule has 0 saturated carbocycles. The lowest BCUT2D eigenvalue weighted by atomic mass is 10.0. The van der Waals surface area contributed by atoms with Crippen molar-refractivity contribution in [2.45, 2.75) is 33.2 Å². The number of hydrogen-bond acceptors (Lipinski definition) is 4. The van der Waals surface area contributed by atoms with Crippen LogP contribution >= 0.6 is 0 Å². The average Bonchev–Trinajstić information content (AvgIpc) is 2.86. The Morgan fingerprint density at radius 3 is 2.79 bits per heavy atom. The second kappa shape index (κ2) is 5.48. The zero-order valence-corrected chi connectivity index (χ0v) is 11.4. The van der Waals surface area contributed by atoms with Crippen LogP contribution in [0.2, 0.25) is 0 Å². The van der Waals surface area contributed by atoms with Crippen molar-refractivity contribution in [1.29, 1.82) is 0 Å². The van der Waals surface area contributed by atoms with Crippen LogP contribution in [-0.4, -0.2) is 10.1 Å². The van der Waals surface area contributed by atoms with Gasteiger partial charge in [0.15, 0.2) is 0 Å². The monoisotopic (exact) mass is 263 g/mol. The molecule has 0 amide bonds. The first kappa shape index (κ1) is 13.7. The summed E-state index contributed by atoms with van der Waals surface area (Å²) in [6.45, 7) is 5.91. The normalized spacial score (nSPS) is 14.4. The van der Waals surface area contributed by atoms with E-state index in [0.717, 1.165) is 17.5 Å². The van der Waals surface area contributed by atoms with Gasteiger partial charge in [0.1, 0.15) is 5.82 Å². The van der Waals surface area contributed by atoms with Gasteiger partial charge in [-0.15, -0.1) is 0 Å². The molecule has 0 saturated heterocycles. The molecule has 0 spiro atoms. The Kier molecular flexibility index (Phi) is 3.95. The summed E-state index contributed by atoms with van der Waals surface area (Å²) < 4.78 is 18.3. The summed E-state index contributed by atoms with van der Waals surface area (Å²) in [5, 5.41) is 3.93. The molecule has 0 fully saturated rings. The molecule has 2 rings (SSSR count). The lowest BCUT2D eigenvalue weighted by Crippen LogP contribution is -2.18. The molecule has 5 heteroatoms. The molecule has 1 aromatic heterocycles. The number of aromatic nitrogens is 2. The largest absolute Gasteiger partial charge is 0.337 e. The molecule has 1 unspecified atom stereocenters. The van der Waals surface area contributed by atoms with Crippen LogP contribution in [0, 0.1) is 18.7 Å². The molecular formula is C14H18FN3O. The van der Waals surface area contributed by atoms with Crippen molar-refractivity contribution < 1.29 is 8.91 Å². The third-order valence-corrected chi connectivity index (χ3v) is 3.41. The summed E-state index contributed by atoms with van der Waals surface area (Å²) in [6, 6.07) is 4.20. The van der Waals surface area contributed by atoms with E-state index in [4.69, 9.17) is 10.3 Å². The third-order valence-electron chi connectivity index (χ3n) is 3.41. The van der Waals surface area contributed by atoms with Crippen LogP contribution in [0.3, 0.4) is 0 Å². The SMILES string of the molecule is CCC(C)[C@H](N)c1nc(-c2ccc(F)cc2C)no1. The predicted octanol–water partition coefficient (Wildman–Crippen LogP) is 3.23. The van der Waals surface area contributed by atoms with Crippen LogP contribution in [0.5, 0.6) is 0 Å². The molecule has 1 aromatic carbocycles.